The zero-order valence-electron chi connectivity index (χ0n) is 10.3. The maximum absolute atomic E-state index is 11.2. The number of hydrogen-bond acceptors (Lipinski definition) is 5. The minimum absolute atomic E-state index is 0.0567. The molecule has 0 fully saturated rings. The van der Waals surface area contributed by atoms with Crippen LogP contribution in [-0.2, 0) is 10.8 Å². The Balaban J connectivity index is 2.64. The fraction of sp³-hybridized carbons (Fsp3) is 0.455. The third kappa shape index (κ3) is 3.99. The van der Waals surface area contributed by atoms with Gasteiger partial charge in [0.2, 0.25) is 0 Å². The van der Waals surface area contributed by atoms with Crippen molar-refractivity contribution < 1.29 is 14.1 Å². The Kier molecular flexibility index (Phi) is 5.08. The summed E-state index contributed by atoms with van der Waals surface area (Å²) in [5.41, 5.74) is 6.03. The number of aromatic nitrogens is 1. The normalized spacial score (nSPS) is 13.9. The van der Waals surface area contributed by atoms with Gasteiger partial charge in [-0.1, -0.05) is 6.92 Å². The van der Waals surface area contributed by atoms with Gasteiger partial charge in [0.1, 0.15) is 5.82 Å². The van der Waals surface area contributed by atoms with Crippen LogP contribution in [0.25, 0.3) is 0 Å². The Labute approximate surface area is 108 Å². The number of hydrogen-bond donors (Lipinski definition) is 3. The Morgan fingerprint density at radius 3 is 2.83 bits per heavy atom. The van der Waals surface area contributed by atoms with E-state index in [1.807, 2.05) is 6.92 Å². The van der Waals surface area contributed by atoms with E-state index in [-0.39, 0.29) is 10.9 Å². The van der Waals surface area contributed by atoms with E-state index < -0.39 is 16.8 Å². The summed E-state index contributed by atoms with van der Waals surface area (Å²) in [7, 11) is -0.871. The second-order valence-corrected chi connectivity index (χ2v) is 5.77. The number of nitrogen functional groups attached to an aromatic ring is 1. The molecule has 2 atom stereocenters. The molecule has 0 aliphatic carbocycles. The van der Waals surface area contributed by atoms with Gasteiger partial charge in [0, 0.05) is 28.9 Å². The van der Waals surface area contributed by atoms with Crippen molar-refractivity contribution in [2.24, 2.45) is 0 Å². The lowest BCUT2D eigenvalue weighted by Gasteiger charge is -2.11. The number of nitrogens with one attached hydrogen (secondary N) is 1. The molecule has 18 heavy (non-hydrogen) atoms. The van der Waals surface area contributed by atoms with Gasteiger partial charge < -0.3 is 16.2 Å². The molecule has 6 nitrogen and oxygen atoms in total. The average molecular weight is 271 g/mol. The minimum atomic E-state index is -1.10. The smallest absolute Gasteiger partial charge is 0.354 e. The number of carbonyl (C=O) groups is 1. The third-order valence-corrected chi connectivity index (χ3v) is 3.92. The van der Waals surface area contributed by atoms with Crippen LogP contribution in [0, 0.1) is 0 Å². The van der Waals surface area contributed by atoms with Gasteiger partial charge >= 0.3 is 5.97 Å². The number of nitrogens with two attached hydrogens (primary N) is 1. The van der Waals surface area contributed by atoms with E-state index in [0.717, 1.165) is 0 Å². The molecule has 1 rings (SSSR count). The van der Waals surface area contributed by atoms with Crippen LogP contribution in [0.3, 0.4) is 0 Å². The van der Waals surface area contributed by atoms with Crippen molar-refractivity contribution in [2.45, 2.75) is 18.6 Å². The van der Waals surface area contributed by atoms with Crippen LogP contribution in [0.1, 0.15) is 23.8 Å². The Hall–Kier alpha value is -1.63. The van der Waals surface area contributed by atoms with Crippen LogP contribution >= 0.6 is 0 Å². The Morgan fingerprint density at radius 2 is 2.28 bits per heavy atom. The van der Waals surface area contributed by atoms with E-state index in [4.69, 9.17) is 10.8 Å². The number of nitrogens with zero attached hydrogens (tertiary/aromatic N) is 1. The van der Waals surface area contributed by atoms with E-state index in [1.54, 1.807) is 6.26 Å². The average Bonchev–Trinajstić information content (AvgIpc) is 2.30. The fourth-order valence-electron chi connectivity index (χ4n) is 1.29. The van der Waals surface area contributed by atoms with Crippen molar-refractivity contribution >= 4 is 28.3 Å². The summed E-state index contributed by atoms with van der Waals surface area (Å²) in [5.74, 6) is -0.745. The number of carboxylic acid groups (broad SMARTS) is 1. The summed E-state index contributed by atoms with van der Waals surface area (Å²) in [5, 5.41) is 11.8. The predicted octanol–water partition coefficient (Wildman–Crippen LogP) is 0.931. The number of pyridine rings is 1. The molecule has 0 aliphatic heterocycles. The van der Waals surface area contributed by atoms with E-state index >= 15 is 0 Å². The summed E-state index contributed by atoms with van der Waals surface area (Å²) >= 11 is 0. The second kappa shape index (κ2) is 6.34. The monoisotopic (exact) mass is 271 g/mol. The SMILES string of the molecule is CC(CCNc1nc(C(=O)O)ccc1N)S(C)=O. The van der Waals surface area contributed by atoms with Crippen LogP contribution in [0.5, 0.6) is 0 Å². The summed E-state index contributed by atoms with van der Waals surface area (Å²) in [6, 6.07) is 2.85. The van der Waals surface area contributed by atoms with Gasteiger partial charge in [0.15, 0.2) is 5.69 Å². The molecule has 2 unspecified atom stereocenters. The predicted molar refractivity (Wildman–Crippen MR) is 72.2 cm³/mol. The van der Waals surface area contributed by atoms with Gasteiger partial charge in [0.25, 0.3) is 0 Å². The van der Waals surface area contributed by atoms with Gasteiger partial charge in [-0.05, 0) is 18.6 Å². The van der Waals surface area contributed by atoms with Crippen LogP contribution in [0.4, 0.5) is 11.5 Å². The maximum Gasteiger partial charge on any atom is 0.354 e. The number of anilines is 2. The lowest BCUT2D eigenvalue weighted by molar-refractivity contribution is 0.0690. The molecular formula is C11H17N3O3S. The van der Waals surface area contributed by atoms with Crippen molar-refractivity contribution in [1.82, 2.24) is 4.98 Å². The van der Waals surface area contributed by atoms with Crippen LogP contribution in [-0.4, -0.2) is 38.3 Å². The number of rotatable bonds is 6. The lowest BCUT2D eigenvalue weighted by atomic mass is 10.3. The molecule has 0 saturated heterocycles. The van der Waals surface area contributed by atoms with Crippen molar-refractivity contribution in [2.75, 3.05) is 23.9 Å². The summed E-state index contributed by atoms with van der Waals surface area (Å²) in [6.07, 6.45) is 2.35. The van der Waals surface area contributed by atoms with Gasteiger partial charge in [-0.3, -0.25) is 4.21 Å². The first-order valence-corrected chi connectivity index (χ1v) is 7.10. The fourth-order valence-corrected chi connectivity index (χ4v) is 1.74. The minimum Gasteiger partial charge on any atom is -0.477 e. The first-order chi connectivity index (χ1) is 8.41. The molecule has 0 saturated carbocycles. The van der Waals surface area contributed by atoms with E-state index in [0.29, 0.717) is 24.5 Å². The van der Waals surface area contributed by atoms with Crippen LogP contribution in [0.2, 0.25) is 0 Å². The van der Waals surface area contributed by atoms with Gasteiger partial charge in [0.05, 0.1) is 5.69 Å². The molecule has 0 amide bonds. The zero-order valence-corrected chi connectivity index (χ0v) is 11.2. The quantitative estimate of drug-likeness (QED) is 0.711. The molecule has 1 aromatic heterocycles. The van der Waals surface area contributed by atoms with Crippen molar-refractivity contribution in [3.63, 3.8) is 0 Å². The molecule has 4 N–H and O–H groups in total. The molecule has 0 radical (unpaired) electrons. The maximum atomic E-state index is 11.2. The Bertz CT molecular complexity index is 465. The third-order valence-electron chi connectivity index (χ3n) is 2.56. The zero-order chi connectivity index (χ0) is 13.7. The van der Waals surface area contributed by atoms with Gasteiger partial charge in [-0.2, -0.15) is 0 Å². The highest BCUT2D eigenvalue weighted by molar-refractivity contribution is 7.84. The van der Waals surface area contributed by atoms with Crippen LogP contribution in [0.15, 0.2) is 12.1 Å². The van der Waals surface area contributed by atoms with Crippen molar-refractivity contribution in [3.05, 3.63) is 17.8 Å². The van der Waals surface area contributed by atoms with Crippen molar-refractivity contribution in [1.29, 1.82) is 0 Å². The second-order valence-electron chi connectivity index (χ2n) is 3.96. The topological polar surface area (TPSA) is 105 Å². The number of carboxylic acids is 1. The molecule has 7 heteroatoms. The molecule has 0 spiro atoms. The van der Waals surface area contributed by atoms with Crippen molar-refractivity contribution in [3.8, 4) is 0 Å². The largest absolute Gasteiger partial charge is 0.477 e. The Morgan fingerprint density at radius 1 is 1.61 bits per heavy atom. The molecule has 0 aromatic carbocycles. The highest BCUT2D eigenvalue weighted by Gasteiger charge is 2.09. The van der Waals surface area contributed by atoms with E-state index in [2.05, 4.69) is 10.3 Å². The van der Waals surface area contributed by atoms with Gasteiger partial charge in [-0.15, -0.1) is 0 Å². The van der Waals surface area contributed by atoms with E-state index in [1.165, 1.54) is 12.1 Å². The molecule has 100 valence electrons. The molecule has 1 aromatic rings. The lowest BCUT2D eigenvalue weighted by Crippen LogP contribution is -2.16. The van der Waals surface area contributed by atoms with E-state index in [9.17, 15) is 9.00 Å². The summed E-state index contributed by atoms with van der Waals surface area (Å²) < 4.78 is 11.2. The van der Waals surface area contributed by atoms with Gasteiger partial charge in [-0.25, -0.2) is 9.78 Å². The van der Waals surface area contributed by atoms with Crippen LogP contribution < -0.4 is 11.1 Å². The molecule has 0 aliphatic rings. The first-order valence-electron chi connectivity index (χ1n) is 5.47. The molecule has 1 heterocycles. The number of aromatic carboxylic acids is 1. The first kappa shape index (κ1) is 14.4. The molecular weight excluding hydrogens is 254 g/mol. The highest BCUT2D eigenvalue weighted by atomic mass is 32.2. The summed E-state index contributed by atoms with van der Waals surface area (Å²) in [4.78, 5) is 14.7. The highest BCUT2D eigenvalue weighted by Crippen LogP contribution is 2.16. The standard InChI is InChI=1S/C11H17N3O3S/c1-7(18(2)17)5-6-13-10-8(12)3-4-9(14-10)11(15)16/h3-4,7H,5-6,12H2,1-2H3,(H,13,14)(H,15,16). The summed E-state index contributed by atoms with van der Waals surface area (Å²) in [6.45, 7) is 2.43. The molecule has 0 bridgehead atoms.